The molecule has 1 heteroatoms. The number of aliphatic hydroxyl groups is 1. The van der Waals surface area contributed by atoms with Crippen molar-refractivity contribution in [3.8, 4) is 12.3 Å². The molecule has 1 N–H and O–H groups in total. The molecule has 0 aromatic heterocycles. The predicted molar refractivity (Wildman–Crippen MR) is 38.9 cm³/mol. The monoisotopic (exact) mass is 126 g/mol. The zero-order valence-corrected chi connectivity index (χ0v) is 6.15. The summed E-state index contributed by atoms with van der Waals surface area (Å²) in [4.78, 5) is 0. The van der Waals surface area contributed by atoms with Crippen LogP contribution in [0.15, 0.2) is 0 Å². The number of terminal acetylenes is 1. The highest BCUT2D eigenvalue weighted by atomic mass is 16.3. The van der Waals surface area contributed by atoms with E-state index < -0.39 is 0 Å². The van der Waals surface area contributed by atoms with E-state index in [0.717, 1.165) is 6.42 Å². The first kappa shape index (κ1) is 8.52. The zero-order valence-electron chi connectivity index (χ0n) is 6.15. The Bertz CT molecular complexity index is 106. The van der Waals surface area contributed by atoms with Gasteiger partial charge in [-0.1, -0.05) is 13.8 Å². The molecule has 0 spiro atoms. The van der Waals surface area contributed by atoms with Crippen molar-refractivity contribution < 1.29 is 5.11 Å². The standard InChI is InChI=1S/C8H14O/c1-4-6-8(3,5-2)7-9/h1,9H,5-7H2,2-3H3. The SMILES string of the molecule is C#CCC(C)(CC)CO. The Morgan fingerprint density at radius 2 is 2.22 bits per heavy atom. The van der Waals surface area contributed by atoms with E-state index >= 15 is 0 Å². The van der Waals surface area contributed by atoms with Crippen LogP contribution in [-0.4, -0.2) is 11.7 Å². The number of hydrogen-bond acceptors (Lipinski definition) is 1. The van der Waals surface area contributed by atoms with E-state index in [9.17, 15) is 0 Å². The molecule has 0 rings (SSSR count). The number of hydrogen-bond donors (Lipinski definition) is 1. The Morgan fingerprint density at radius 1 is 1.67 bits per heavy atom. The molecule has 0 fully saturated rings. The minimum absolute atomic E-state index is 0.0469. The lowest BCUT2D eigenvalue weighted by Gasteiger charge is -2.21. The smallest absolute Gasteiger partial charge is 0.0493 e. The summed E-state index contributed by atoms with van der Waals surface area (Å²) >= 11 is 0. The van der Waals surface area contributed by atoms with Crippen molar-refractivity contribution in [3.63, 3.8) is 0 Å². The van der Waals surface area contributed by atoms with E-state index in [1.807, 2.05) is 13.8 Å². The van der Waals surface area contributed by atoms with Crippen molar-refractivity contribution in [2.75, 3.05) is 6.61 Å². The maximum Gasteiger partial charge on any atom is 0.0493 e. The second-order valence-corrected chi connectivity index (χ2v) is 2.70. The van der Waals surface area contributed by atoms with Crippen LogP contribution < -0.4 is 0 Å². The molecule has 0 aromatic carbocycles. The molecule has 1 atom stereocenters. The first-order valence-electron chi connectivity index (χ1n) is 3.23. The van der Waals surface area contributed by atoms with E-state index in [-0.39, 0.29) is 12.0 Å². The van der Waals surface area contributed by atoms with Gasteiger partial charge in [-0.2, -0.15) is 0 Å². The van der Waals surface area contributed by atoms with Gasteiger partial charge in [-0.25, -0.2) is 0 Å². The van der Waals surface area contributed by atoms with Gasteiger partial charge < -0.3 is 5.11 Å². The fourth-order valence-corrected chi connectivity index (χ4v) is 0.539. The van der Waals surface area contributed by atoms with Crippen LogP contribution in [0.4, 0.5) is 0 Å². The second-order valence-electron chi connectivity index (χ2n) is 2.70. The molecule has 0 aromatic rings. The molecular weight excluding hydrogens is 112 g/mol. The average Bonchev–Trinajstić information content (AvgIpc) is 1.89. The van der Waals surface area contributed by atoms with E-state index in [1.165, 1.54) is 0 Å². The van der Waals surface area contributed by atoms with Crippen LogP contribution >= 0.6 is 0 Å². The quantitative estimate of drug-likeness (QED) is 0.567. The van der Waals surface area contributed by atoms with Gasteiger partial charge >= 0.3 is 0 Å². The largest absolute Gasteiger partial charge is 0.396 e. The van der Waals surface area contributed by atoms with Crippen molar-refractivity contribution in [1.29, 1.82) is 0 Å². The number of aliphatic hydroxyl groups excluding tert-OH is 1. The fourth-order valence-electron chi connectivity index (χ4n) is 0.539. The molecule has 0 heterocycles. The molecule has 52 valence electrons. The van der Waals surface area contributed by atoms with Crippen molar-refractivity contribution in [1.82, 2.24) is 0 Å². The molecule has 0 aliphatic rings. The molecule has 9 heavy (non-hydrogen) atoms. The summed E-state index contributed by atoms with van der Waals surface area (Å²) in [6.45, 7) is 4.22. The summed E-state index contributed by atoms with van der Waals surface area (Å²) in [7, 11) is 0. The van der Waals surface area contributed by atoms with Gasteiger partial charge in [0.15, 0.2) is 0 Å². The zero-order chi connectivity index (χ0) is 7.33. The van der Waals surface area contributed by atoms with Crippen LogP contribution in [0.3, 0.4) is 0 Å². The van der Waals surface area contributed by atoms with Gasteiger partial charge in [0.25, 0.3) is 0 Å². The Kier molecular flexibility index (Phi) is 3.34. The van der Waals surface area contributed by atoms with Crippen LogP contribution in [0, 0.1) is 17.8 Å². The summed E-state index contributed by atoms with van der Waals surface area (Å²) in [5, 5.41) is 8.82. The Balaban J connectivity index is 3.80. The second kappa shape index (κ2) is 3.53. The third kappa shape index (κ3) is 2.53. The van der Waals surface area contributed by atoms with Gasteiger partial charge in [-0.3, -0.25) is 0 Å². The van der Waals surface area contributed by atoms with Gasteiger partial charge in [0.2, 0.25) is 0 Å². The first-order valence-corrected chi connectivity index (χ1v) is 3.23. The van der Waals surface area contributed by atoms with Crippen LogP contribution in [0.25, 0.3) is 0 Å². The van der Waals surface area contributed by atoms with Crippen LogP contribution in [0.2, 0.25) is 0 Å². The highest BCUT2D eigenvalue weighted by molar-refractivity contribution is 4.91. The molecular formula is C8H14O. The lowest BCUT2D eigenvalue weighted by atomic mass is 9.85. The van der Waals surface area contributed by atoms with Gasteiger partial charge in [0.05, 0.1) is 0 Å². The minimum Gasteiger partial charge on any atom is -0.396 e. The van der Waals surface area contributed by atoms with Gasteiger partial charge in [0.1, 0.15) is 0 Å². The van der Waals surface area contributed by atoms with Crippen LogP contribution in [0.5, 0.6) is 0 Å². The highest BCUT2D eigenvalue weighted by Crippen LogP contribution is 2.23. The third-order valence-electron chi connectivity index (χ3n) is 1.76. The summed E-state index contributed by atoms with van der Waals surface area (Å²) in [5.41, 5.74) is -0.0469. The molecule has 0 amide bonds. The normalized spacial score (nSPS) is 16.2. The van der Waals surface area contributed by atoms with Gasteiger partial charge in [0, 0.05) is 18.4 Å². The van der Waals surface area contributed by atoms with E-state index in [2.05, 4.69) is 5.92 Å². The predicted octanol–water partition coefficient (Wildman–Crippen LogP) is 1.42. The Morgan fingerprint density at radius 3 is 2.33 bits per heavy atom. The first-order chi connectivity index (χ1) is 4.18. The molecule has 1 unspecified atom stereocenters. The molecule has 0 saturated carbocycles. The summed E-state index contributed by atoms with van der Waals surface area (Å²) in [6.07, 6.45) is 6.71. The average molecular weight is 126 g/mol. The van der Waals surface area contributed by atoms with Crippen LogP contribution in [0.1, 0.15) is 26.7 Å². The van der Waals surface area contributed by atoms with E-state index in [0.29, 0.717) is 6.42 Å². The molecule has 0 radical (unpaired) electrons. The Hall–Kier alpha value is -0.480. The summed E-state index contributed by atoms with van der Waals surface area (Å²) < 4.78 is 0. The molecule has 0 aliphatic heterocycles. The van der Waals surface area contributed by atoms with Gasteiger partial charge in [-0.15, -0.1) is 12.3 Å². The summed E-state index contributed by atoms with van der Waals surface area (Å²) in [6, 6.07) is 0. The van der Waals surface area contributed by atoms with Crippen molar-refractivity contribution >= 4 is 0 Å². The lowest BCUT2D eigenvalue weighted by molar-refractivity contribution is 0.142. The van der Waals surface area contributed by atoms with Crippen molar-refractivity contribution in [2.45, 2.75) is 26.7 Å². The molecule has 1 nitrogen and oxygen atoms in total. The topological polar surface area (TPSA) is 20.2 Å². The fraction of sp³-hybridized carbons (Fsp3) is 0.750. The third-order valence-corrected chi connectivity index (χ3v) is 1.76. The molecule has 0 saturated heterocycles. The van der Waals surface area contributed by atoms with Crippen LogP contribution in [-0.2, 0) is 0 Å². The maximum atomic E-state index is 8.82. The van der Waals surface area contributed by atoms with Gasteiger partial charge in [-0.05, 0) is 6.42 Å². The number of rotatable bonds is 3. The molecule has 0 aliphatic carbocycles. The maximum absolute atomic E-state index is 8.82. The van der Waals surface area contributed by atoms with E-state index in [1.54, 1.807) is 0 Å². The Labute approximate surface area is 57.1 Å². The summed E-state index contributed by atoms with van der Waals surface area (Å²) in [5.74, 6) is 2.55. The van der Waals surface area contributed by atoms with Crippen molar-refractivity contribution in [2.24, 2.45) is 5.41 Å². The lowest BCUT2D eigenvalue weighted by Crippen LogP contribution is -2.18. The molecule has 0 bridgehead atoms. The minimum atomic E-state index is -0.0469. The highest BCUT2D eigenvalue weighted by Gasteiger charge is 2.18. The van der Waals surface area contributed by atoms with E-state index in [4.69, 9.17) is 11.5 Å². The van der Waals surface area contributed by atoms with Crippen molar-refractivity contribution in [3.05, 3.63) is 0 Å².